The van der Waals surface area contributed by atoms with Gasteiger partial charge in [0.1, 0.15) is 5.76 Å². The van der Waals surface area contributed by atoms with E-state index in [1.165, 1.54) is 9.75 Å². The van der Waals surface area contributed by atoms with Crippen molar-refractivity contribution in [1.82, 2.24) is 5.32 Å². The molecule has 0 radical (unpaired) electrons. The summed E-state index contributed by atoms with van der Waals surface area (Å²) >= 11 is 1.89. The number of hydrogen-bond donors (Lipinski definition) is 1. The Labute approximate surface area is 100 Å². The van der Waals surface area contributed by atoms with Crippen LogP contribution < -0.4 is 5.32 Å². The van der Waals surface area contributed by atoms with Gasteiger partial charge >= 0.3 is 0 Å². The van der Waals surface area contributed by atoms with Crippen molar-refractivity contribution in [3.05, 3.63) is 46.0 Å². The van der Waals surface area contributed by atoms with Crippen molar-refractivity contribution in [2.24, 2.45) is 0 Å². The molecular weight excluding hydrogens is 218 g/mol. The van der Waals surface area contributed by atoms with Crippen LogP contribution in [0.15, 0.2) is 34.9 Å². The van der Waals surface area contributed by atoms with E-state index in [0.717, 1.165) is 31.7 Å². The molecule has 0 atom stereocenters. The minimum Gasteiger partial charge on any atom is -0.469 e. The first-order chi connectivity index (χ1) is 7.88. The number of furan rings is 1. The van der Waals surface area contributed by atoms with Crippen LogP contribution in [-0.4, -0.2) is 6.54 Å². The Bertz CT molecular complexity index is 405. The molecule has 0 saturated carbocycles. The number of hydrogen-bond acceptors (Lipinski definition) is 3. The third-order valence-electron chi connectivity index (χ3n) is 2.49. The Morgan fingerprint density at radius 2 is 2.12 bits per heavy atom. The Morgan fingerprint density at radius 1 is 1.25 bits per heavy atom. The Kier molecular flexibility index (Phi) is 4.19. The fraction of sp³-hybridized carbons (Fsp3) is 0.385. The first kappa shape index (κ1) is 11.4. The van der Waals surface area contributed by atoms with Crippen molar-refractivity contribution in [2.75, 3.05) is 6.54 Å². The fourth-order valence-electron chi connectivity index (χ4n) is 1.59. The molecule has 0 aliphatic carbocycles. The smallest absolute Gasteiger partial charge is 0.105 e. The van der Waals surface area contributed by atoms with Crippen LogP contribution in [0, 0.1) is 0 Å². The molecule has 0 aliphatic heterocycles. The second kappa shape index (κ2) is 5.87. The molecule has 2 rings (SSSR count). The molecule has 0 saturated heterocycles. The monoisotopic (exact) mass is 235 g/mol. The van der Waals surface area contributed by atoms with Crippen molar-refractivity contribution in [3.63, 3.8) is 0 Å². The number of aryl methyl sites for hydroxylation is 1. The summed E-state index contributed by atoms with van der Waals surface area (Å²) in [5, 5.41) is 3.43. The van der Waals surface area contributed by atoms with Gasteiger partial charge in [-0.25, -0.2) is 0 Å². The van der Waals surface area contributed by atoms with Gasteiger partial charge in [-0.2, -0.15) is 0 Å². The summed E-state index contributed by atoms with van der Waals surface area (Å²) in [5.74, 6) is 1.05. The van der Waals surface area contributed by atoms with Crippen LogP contribution in [0.2, 0.25) is 0 Å². The maximum Gasteiger partial charge on any atom is 0.105 e. The second-order valence-corrected chi connectivity index (χ2v) is 4.98. The van der Waals surface area contributed by atoms with Gasteiger partial charge in [-0.1, -0.05) is 6.92 Å². The van der Waals surface area contributed by atoms with E-state index in [2.05, 4.69) is 24.4 Å². The average molecular weight is 235 g/mol. The Hall–Kier alpha value is -1.06. The van der Waals surface area contributed by atoms with Crippen molar-refractivity contribution in [2.45, 2.75) is 26.3 Å². The van der Waals surface area contributed by atoms with E-state index in [4.69, 9.17) is 4.42 Å². The van der Waals surface area contributed by atoms with Gasteiger partial charge in [0.2, 0.25) is 0 Å². The maximum absolute atomic E-state index is 5.27. The van der Waals surface area contributed by atoms with Crippen LogP contribution in [0.5, 0.6) is 0 Å². The molecule has 0 fully saturated rings. The lowest BCUT2D eigenvalue weighted by Crippen LogP contribution is -2.15. The third-order valence-corrected chi connectivity index (χ3v) is 3.72. The van der Waals surface area contributed by atoms with Crippen molar-refractivity contribution < 1.29 is 4.42 Å². The second-order valence-electron chi connectivity index (χ2n) is 3.73. The molecule has 86 valence electrons. The van der Waals surface area contributed by atoms with Gasteiger partial charge < -0.3 is 9.73 Å². The zero-order valence-electron chi connectivity index (χ0n) is 9.53. The molecule has 0 bridgehead atoms. The lowest BCUT2D eigenvalue weighted by molar-refractivity contribution is 0.499. The van der Waals surface area contributed by atoms with Gasteiger partial charge in [0.15, 0.2) is 0 Å². The van der Waals surface area contributed by atoms with E-state index in [9.17, 15) is 0 Å². The van der Waals surface area contributed by atoms with Crippen LogP contribution in [0.25, 0.3) is 0 Å². The van der Waals surface area contributed by atoms with Gasteiger partial charge in [-0.15, -0.1) is 11.3 Å². The van der Waals surface area contributed by atoms with Crippen molar-refractivity contribution >= 4 is 11.3 Å². The van der Waals surface area contributed by atoms with Crippen LogP contribution in [0.1, 0.15) is 22.4 Å². The highest BCUT2D eigenvalue weighted by molar-refractivity contribution is 7.11. The first-order valence-corrected chi connectivity index (χ1v) is 6.51. The summed E-state index contributed by atoms with van der Waals surface area (Å²) in [6, 6.07) is 8.38. The highest BCUT2D eigenvalue weighted by Gasteiger charge is 1.99. The van der Waals surface area contributed by atoms with Crippen molar-refractivity contribution in [3.8, 4) is 0 Å². The highest BCUT2D eigenvalue weighted by atomic mass is 32.1. The minimum atomic E-state index is 0.957. The molecule has 3 heteroatoms. The van der Waals surface area contributed by atoms with Gasteiger partial charge in [0.25, 0.3) is 0 Å². The molecule has 1 N–H and O–H groups in total. The zero-order valence-corrected chi connectivity index (χ0v) is 10.3. The summed E-state index contributed by atoms with van der Waals surface area (Å²) in [7, 11) is 0. The molecule has 2 nitrogen and oxygen atoms in total. The predicted molar refractivity (Wildman–Crippen MR) is 67.8 cm³/mol. The first-order valence-electron chi connectivity index (χ1n) is 5.69. The van der Waals surface area contributed by atoms with E-state index in [1.807, 2.05) is 23.5 Å². The molecule has 2 heterocycles. The molecule has 0 aromatic carbocycles. The number of nitrogens with one attached hydrogen (secondary N) is 1. The normalized spacial score (nSPS) is 10.8. The SMILES string of the molecule is CCc1ccc(CNCCc2ccco2)s1. The van der Waals surface area contributed by atoms with Crippen LogP contribution in [0.4, 0.5) is 0 Å². The Balaban J connectivity index is 1.68. The van der Waals surface area contributed by atoms with E-state index in [1.54, 1.807) is 6.26 Å². The molecule has 0 aliphatic rings. The van der Waals surface area contributed by atoms with Crippen molar-refractivity contribution in [1.29, 1.82) is 0 Å². The zero-order chi connectivity index (χ0) is 11.2. The summed E-state index contributed by atoms with van der Waals surface area (Å²) < 4.78 is 5.27. The predicted octanol–water partition coefficient (Wildman–Crippen LogP) is 3.24. The molecule has 0 unspecified atom stereocenters. The molecule has 0 amide bonds. The molecular formula is C13H17NOS. The standard InChI is InChI=1S/C13H17NOS/c1-2-12-5-6-13(16-12)10-14-8-7-11-4-3-9-15-11/h3-6,9,14H,2,7-8,10H2,1H3. The van der Waals surface area contributed by atoms with Gasteiger partial charge in [-0.05, 0) is 30.7 Å². The largest absolute Gasteiger partial charge is 0.469 e. The lowest BCUT2D eigenvalue weighted by atomic mass is 10.3. The molecule has 2 aromatic rings. The average Bonchev–Trinajstić information content (AvgIpc) is 2.95. The topological polar surface area (TPSA) is 25.2 Å². The number of rotatable bonds is 6. The Morgan fingerprint density at radius 3 is 2.81 bits per heavy atom. The fourth-order valence-corrected chi connectivity index (χ4v) is 2.51. The van der Waals surface area contributed by atoms with Crippen LogP contribution in [-0.2, 0) is 19.4 Å². The van der Waals surface area contributed by atoms with E-state index < -0.39 is 0 Å². The molecule has 0 spiro atoms. The summed E-state index contributed by atoms with van der Waals surface area (Å²) in [6.45, 7) is 4.12. The lowest BCUT2D eigenvalue weighted by Gasteiger charge is -2.00. The van der Waals surface area contributed by atoms with E-state index in [0.29, 0.717) is 0 Å². The van der Waals surface area contributed by atoms with Crippen LogP contribution in [0.3, 0.4) is 0 Å². The summed E-state index contributed by atoms with van der Waals surface area (Å²) in [4.78, 5) is 2.87. The van der Waals surface area contributed by atoms with Gasteiger partial charge in [-0.3, -0.25) is 0 Å². The van der Waals surface area contributed by atoms with E-state index >= 15 is 0 Å². The van der Waals surface area contributed by atoms with E-state index in [-0.39, 0.29) is 0 Å². The van der Waals surface area contributed by atoms with Gasteiger partial charge in [0, 0.05) is 29.3 Å². The highest BCUT2D eigenvalue weighted by Crippen LogP contribution is 2.16. The maximum atomic E-state index is 5.27. The van der Waals surface area contributed by atoms with Crippen LogP contribution >= 0.6 is 11.3 Å². The molecule has 2 aromatic heterocycles. The summed E-state index contributed by atoms with van der Waals surface area (Å²) in [5.41, 5.74) is 0. The minimum absolute atomic E-state index is 0.957. The van der Waals surface area contributed by atoms with Gasteiger partial charge in [0.05, 0.1) is 6.26 Å². The molecule has 16 heavy (non-hydrogen) atoms. The number of thiophene rings is 1. The quantitative estimate of drug-likeness (QED) is 0.778. The summed E-state index contributed by atoms with van der Waals surface area (Å²) in [6.07, 6.45) is 3.82. The third kappa shape index (κ3) is 3.22.